The lowest BCUT2D eigenvalue weighted by molar-refractivity contribution is -0.139. The number of hydrogen-bond acceptors (Lipinski definition) is 4. The summed E-state index contributed by atoms with van der Waals surface area (Å²) in [6, 6.07) is 3.40. The molecule has 1 aromatic heterocycles. The number of rotatable bonds is 5. The van der Waals surface area contributed by atoms with Gasteiger partial charge in [0.2, 0.25) is 17.7 Å². The van der Waals surface area contributed by atoms with Crippen LogP contribution in [0.4, 0.5) is 0 Å². The van der Waals surface area contributed by atoms with Crippen molar-refractivity contribution in [1.29, 1.82) is 0 Å². The Hall–Kier alpha value is -2.11. The summed E-state index contributed by atoms with van der Waals surface area (Å²) < 4.78 is 5.27. The van der Waals surface area contributed by atoms with Crippen LogP contribution in [0.3, 0.4) is 0 Å². The van der Waals surface area contributed by atoms with E-state index in [9.17, 15) is 14.4 Å². The number of hydrogen-bond donors (Lipinski definition) is 0. The molecule has 1 aromatic rings. The van der Waals surface area contributed by atoms with Crippen LogP contribution in [0.1, 0.15) is 38.0 Å². The van der Waals surface area contributed by atoms with E-state index in [0.29, 0.717) is 5.76 Å². The molecule has 0 bridgehead atoms. The van der Waals surface area contributed by atoms with Gasteiger partial charge in [-0.15, -0.1) is 0 Å². The Kier molecular flexibility index (Phi) is 4.22. The van der Waals surface area contributed by atoms with Crippen LogP contribution in [-0.4, -0.2) is 41.1 Å². The molecule has 0 radical (unpaired) electrons. The Labute approximate surface area is 117 Å². The number of carbonyl (C=O) groups excluding carboxylic acids is 3. The van der Waals surface area contributed by atoms with E-state index in [-0.39, 0.29) is 49.6 Å². The molecule has 1 fully saturated rings. The molecule has 2 rings (SSSR count). The van der Waals surface area contributed by atoms with Crippen molar-refractivity contribution in [3.05, 3.63) is 24.2 Å². The molecule has 0 saturated carbocycles. The molecule has 6 nitrogen and oxygen atoms in total. The molecule has 1 saturated heterocycles. The smallest absolute Gasteiger partial charge is 0.229 e. The zero-order valence-corrected chi connectivity index (χ0v) is 11.7. The van der Waals surface area contributed by atoms with Gasteiger partial charge in [-0.25, -0.2) is 0 Å². The summed E-state index contributed by atoms with van der Waals surface area (Å²) in [5.41, 5.74) is 0. The molecule has 0 aromatic carbocycles. The van der Waals surface area contributed by atoms with Gasteiger partial charge in [-0.2, -0.15) is 0 Å². The second-order valence-corrected chi connectivity index (χ2v) is 4.89. The predicted molar refractivity (Wildman–Crippen MR) is 70.5 cm³/mol. The molecule has 1 aliphatic rings. The molecule has 0 spiro atoms. The van der Waals surface area contributed by atoms with Gasteiger partial charge >= 0.3 is 0 Å². The highest BCUT2D eigenvalue weighted by atomic mass is 16.3. The molecule has 2 heterocycles. The number of likely N-dealkylation sites (tertiary alicyclic amines) is 1. The van der Waals surface area contributed by atoms with Crippen molar-refractivity contribution in [2.24, 2.45) is 0 Å². The number of amides is 3. The number of carbonyl (C=O) groups is 3. The summed E-state index contributed by atoms with van der Waals surface area (Å²) in [6.07, 6.45) is 2.21. The van der Waals surface area contributed by atoms with Crippen LogP contribution < -0.4 is 0 Å². The van der Waals surface area contributed by atoms with Gasteiger partial charge < -0.3 is 9.32 Å². The van der Waals surface area contributed by atoms with Gasteiger partial charge in [0, 0.05) is 32.9 Å². The molecular formula is C14H18N2O4. The quantitative estimate of drug-likeness (QED) is 0.762. The number of imide groups is 1. The van der Waals surface area contributed by atoms with E-state index in [2.05, 4.69) is 0 Å². The van der Waals surface area contributed by atoms with Crippen molar-refractivity contribution < 1.29 is 18.8 Å². The van der Waals surface area contributed by atoms with Crippen LogP contribution in [0.5, 0.6) is 0 Å². The van der Waals surface area contributed by atoms with Crippen LogP contribution in [-0.2, 0) is 14.4 Å². The SMILES string of the molecule is CC(c1ccco1)N(C)C(=O)CCN1C(=O)CCC1=O. The summed E-state index contributed by atoms with van der Waals surface area (Å²) in [5, 5.41) is 0. The molecule has 6 heteroatoms. The monoisotopic (exact) mass is 278 g/mol. The number of furan rings is 1. The van der Waals surface area contributed by atoms with Gasteiger partial charge in [-0.1, -0.05) is 0 Å². The first-order valence-corrected chi connectivity index (χ1v) is 6.63. The van der Waals surface area contributed by atoms with Crippen molar-refractivity contribution >= 4 is 17.7 Å². The fourth-order valence-electron chi connectivity index (χ4n) is 2.19. The van der Waals surface area contributed by atoms with Gasteiger partial charge in [0.1, 0.15) is 5.76 Å². The summed E-state index contributed by atoms with van der Waals surface area (Å²) in [7, 11) is 1.68. The molecule has 3 amide bonds. The third-order valence-corrected chi connectivity index (χ3v) is 3.63. The third kappa shape index (κ3) is 2.89. The maximum absolute atomic E-state index is 12.1. The third-order valence-electron chi connectivity index (χ3n) is 3.63. The zero-order valence-electron chi connectivity index (χ0n) is 11.7. The first-order chi connectivity index (χ1) is 9.50. The van der Waals surface area contributed by atoms with Crippen molar-refractivity contribution in [2.75, 3.05) is 13.6 Å². The van der Waals surface area contributed by atoms with E-state index in [0.717, 1.165) is 0 Å². The highest BCUT2D eigenvalue weighted by molar-refractivity contribution is 6.02. The van der Waals surface area contributed by atoms with Gasteiger partial charge in [0.25, 0.3) is 0 Å². The zero-order chi connectivity index (χ0) is 14.7. The standard InChI is InChI=1S/C14H18N2O4/c1-10(11-4-3-9-20-11)15(2)12(17)7-8-16-13(18)5-6-14(16)19/h3-4,9-10H,5-8H2,1-2H3. The highest BCUT2D eigenvalue weighted by Gasteiger charge is 2.29. The molecule has 1 aliphatic heterocycles. The van der Waals surface area contributed by atoms with Crippen molar-refractivity contribution in [3.63, 3.8) is 0 Å². The van der Waals surface area contributed by atoms with Gasteiger partial charge in [0.05, 0.1) is 12.3 Å². The summed E-state index contributed by atoms with van der Waals surface area (Å²) in [4.78, 5) is 37.7. The minimum atomic E-state index is -0.190. The van der Waals surface area contributed by atoms with E-state index < -0.39 is 0 Å². The van der Waals surface area contributed by atoms with Crippen molar-refractivity contribution in [1.82, 2.24) is 9.80 Å². The maximum Gasteiger partial charge on any atom is 0.229 e. The molecule has 20 heavy (non-hydrogen) atoms. The van der Waals surface area contributed by atoms with E-state index in [4.69, 9.17) is 4.42 Å². The summed E-state index contributed by atoms with van der Waals surface area (Å²) in [6.45, 7) is 2.02. The Morgan fingerprint density at radius 1 is 1.40 bits per heavy atom. The van der Waals surface area contributed by atoms with Crippen molar-refractivity contribution in [2.45, 2.75) is 32.2 Å². The minimum absolute atomic E-state index is 0.124. The van der Waals surface area contributed by atoms with Crippen LogP contribution in [0.15, 0.2) is 22.8 Å². The second-order valence-electron chi connectivity index (χ2n) is 4.89. The Bertz CT molecular complexity index is 493. The molecule has 0 N–H and O–H groups in total. The fourth-order valence-corrected chi connectivity index (χ4v) is 2.19. The molecular weight excluding hydrogens is 260 g/mol. The van der Waals surface area contributed by atoms with E-state index in [1.807, 2.05) is 13.0 Å². The fraction of sp³-hybridized carbons (Fsp3) is 0.500. The van der Waals surface area contributed by atoms with E-state index in [1.165, 1.54) is 4.90 Å². The van der Waals surface area contributed by atoms with E-state index in [1.54, 1.807) is 24.3 Å². The maximum atomic E-state index is 12.1. The Morgan fingerprint density at radius 3 is 2.60 bits per heavy atom. The Balaban J connectivity index is 1.88. The average molecular weight is 278 g/mol. The summed E-state index contributed by atoms with van der Waals surface area (Å²) >= 11 is 0. The highest BCUT2D eigenvalue weighted by Crippen LogP contribution is 2.20. The molecule has 1 unspecified atom stereocenters. The topological polar surface area (TPSA) is 70.8 Å². The number of nitrogens with zero attached hydrogens (tertiary/aromatic N) is 2. The normalized spacial score (nSPS) is 16.6. The average Bonchev–Trinajstić information content (AvgIpc) is 3.06. The molecule has 108 valence electrons. The van der Waals surface area contributed by atoms with Gasteiger partial charge in [-0.05, 0) is 19.1 Å². The van der Waals surface area contributed by atoms with E-state index >= 15 is 0 Å². The lowest BCUT2D eigenvalue weighted by Gasteiger charge is -2.24. The van der Waals surface area contributed by atoms with Gasteiger partial charge in [0.15, 0.2) is 0 Å². The van der Waals surface area contributed by atoms with Crippen LogP contribution in [0, 0.1) is 0 Å². The Morgan fingerprint density at radius 2 is 2.05 bits per heavy atom. The van der Waals surface area contributed by atoms with Crippen molar-refractivity contribution in [3.8, 4) is 0 Å². The molecule has 0 aliphatic carbocycles. The first kappa shape index (κ1) is 14.3. The molecule has 1 atom stereocenters. The first-order valence-electron chi connectivity index (χ1n) is 6.63. The predicted octanol–water partition coefficient (Wildman–Crippen LogP) is 1.34. The van der Waals surface area contributed by atoms with Crippen LogP contribution >= 0.6 is 0 Å². The largest absolute Gasteiger partial charge is 0.467 e. The summed E-state index contributed by atoms with van der Waals surface area (Å²) in [5.74, 6) is 0.199. The lowest BCUT2D eigenvalue weighted by atomic mass is 10.2. The van der Waals surface area contributed by atoms with Crippen LogP contribution in [0.2, 0.25) is 0 Å². The van der Waals surface area contributed by atoms with Gasteiger partial charge in [-0.3, -0.25) is 19.3 Å². The minimum Gasteiger partial charge on any atom is -0.467 e. The second kappa shape index (κ2) is 5.90. The lowest BCUT2D eigenvalue weighted by Crippen LogP contribution is -2.35. The van der Waals surface area contributed by atoms with Crippen LogP contribution in [0.25, 0.3) is 0 Å².